The number of hydrogen-bond acceptors (Lipinski definition) is 5. The number of carbonyl (C=O) groups excluding carboxylic acids is 2. The summed E-state index contributed by atoms with van der Waals surface area (Å²) >= 11 is 0. The van der Waals surface area contributed by atoms with E-state index in [9.17, 15) is 36.3 Å². The molecule has 0 radical (unpaired) electrons. The minimum absolute atomic E-state index is 0.0692. The monoisotopic (exact) mass is 569 g/mol. The average molecular weight is 570 g/mol. The second-order valence-corrected chi connectivity index (χ2v) is 11.2. The van der Waals surface area contributed by atoms with E-state index in [2.05, 4.69) is 12.2 Å². The highest BCUT2D eigenvalue weighted by Crippen LogP contribution is 2.62. The van der Waals surface area contributed by atoms with Crippen LogP contribution in [0.1, 0.15) is 72.0 Å². The zero-order chi connectivity index (χ0) is 29.2. The number of halogens is 5. The molecule has 0 saturated heterocycles. The van der Waals surface area contributed by atoms with Crippen LogP contribution in [-0.2, 0) is 11.3 Å². The van der Waals surface area contributed by atoms with Crippen molar-refractivity contribution in [2.45, 2.75) is 70.1 Å². The largest absolute Gasteiger partial charge is 0.491 e. The zero-order valence-corrected chi connectivity index (χ0v) is 22.0. The summed E-state index contributed by atoms with van der Waals surface area (Å²) in [6.07, 6.45) is -0.457. The first-order chi connectivity index (χ1) is 18.7. The van der Waals surface area contributed by atoms with Gasteiger partial charge in [-0.15, -0.1) is 0 Å². The summed E-state index contributed by atoms with van der Waals surface area (Å²) in [5, 5.41) is 4.40. The summed E-state index contributed by atoms with van der Waals surface area (Å²) in [5.74, 6) is -5.04. The minimum Gasteiger partial charge on any atom is -0.491 e. The van der Waals surface area contributed by atoms with Crippen molar-refractivity contribution in [3.8, 4) is 5.75 Å². The van der Waals surface area contributed by atoms with Gasteiger partial charge < -0.3 is 24.7 Å². The van der Waals surface area contributed by atoms with Crippen molar-refractivity contribution in [1.82, 2.24) is 15.2 Å². The van der Waals surface area contributed by atoms with Crippen molar-refractivity contribution in [3.63, 3.8) is 0 Å². The topological polar surface area (TPSA) is 98.7 Å². The molecule has 2 saturated carbocycles. The van der Waals surface area contributed by atoms with E-state index < -0.39 is 63.7 Å². The highest BCUT2D eigenvalue weighted by Gasteiger charge is 2.57. The number of pyridine rings is 1. The normalized spacial score (nSPS) is 28.1. The van der Waals surface area contributed by atoms with E-state index >= 15 is 0 Å². The fraction of sp³-hybridized carbons (Fsp3) is 0.519. The van der Waals surface area contributed by atoms with Crippen LogP contribution in [0.3, 0.4) is 0 Å². The maximum Gasteiger partial charge on any atom is 0.412 e. The van der Waals surface area contributed by atoms with Crippen LogP contribution < -0.4 is 20.8 Å². The number of fused-ring (bicyclic) bond motifs is 2. The smallest absolute Gasteiger partial charge is 0.412 e. The van der Waals surface area contributed by atoms with Crippen molar-refractivity contribution >= 4 is 11.8 Å². The first-order valence-corrected chi connectivity index (χ1v) is 12.8. The highest BCUT2D eigenvalue weighted by atomic mass is 19.4. The number of amides is 2. The van der Waals surface area contributed by atoms with Crippen molar-refractivity contribution in [2.24, 2.45) is 11.3 Å². The van der Waals surface area contributed by atoms with Crippen LogP contribution in [0.4, 0.5) is 22.0 Å². The summed E-state index contributed by atoms with van der Waals surface area (Å²) < 4.78 is 81.9. The second kappa shape index (κ2) is 9.57. The molecule has 216 valence electrons. The Morgan fingerprint density at radius 3 is 2.60 bits per heavy atom. The van der Waals surface area contributed by atoms with Crippen LogP contribution in [0.5, 0.6) is 5.75 Å². The third-order valence-electron chi connectivity index (χ3n) is 8.15. The van der Waals surface area contributed by atoms with E-state index in [1.807, 2.05) is 0 Å². The van der Waals surface area contributed by atoms with E-state index in [1.165, 1.54) is 4.57 Å². The number of aromatic nitrogens is 1. The second-order valence-electron chi connectivity index (χ2n) is 11.2. The lowest BCUT2D eigenvalue weighted by Gasteiger charge is -2.41. The number of alkyl halides is 3. The van der Waals surface area contributed by atoms with Gasteiger partial charge in [0.05, 0.1) is 19.8 Å². The van der Waals surface area contributed by atoms with Crippen LogP contribution in [-0.4, -0.2) is 41.5 Å². The van der Waals surface area contributed by atoms with Gasteiger partial charge in [-0.1, -0.05) is 19.4 Å². The van der Waals surface area contributed by atoms with E-state index in [1.54, 1.807) is 12.2 Å². The number of methoxy groups -OCH3 is 1. The lowest BCUT2D eigenvalue weighted by atomic mass is 9.88. The van der Waals surface area contributed by atoms with Gasteiger partial charge >= 0.3 is 6.18 Å². The minimum atomic E-state index is -5.19. The molecule has 5 rings (SSSR count). The van der Waals surface area contributed by atoms with Gasteiger partial charge in [0.25, 0.3) is 11.8 Å². The Morgan fingerprint density at radius 2 is 1.95 bits per heavy atom. The predicted octanol–water partition coefficient (Wildman–Crippen LogP) is 4.22. The summed E-state index contributed by atoms with van der Waals surface area (Å²) in [5.41, 5.74) is -4.19. The number of rotatable bonds is 6. The molecular formula is C27H28F5N3O5. The maximum absolute atomic E-state index is 14.2. The standard InChI is InChI=1S/C27H28F5N3O5/c1-25-8-4-5-18(16(25)10-25)40-26(2)12-35-11-15(20(36)21(39-3)19(35)24(38)34-26)23(37)33-22(27(30,31)32)14-7-6-13(28)9-17(14)29/h6-7,9,11,16,18,22H,4-5,8,10,12H2,1-3H3,(H,33,37)(H,34,38)/t16-,18?,22-,25+,26+/m0/s1. The van der Waals surface area contributed by atoms with Gasteiger partial charge in [-0.25, -0.2) is 8.78 Å². The molecule has 0 bridgehead atoms. The summed E-state index contributed by atoms with van der Waals surface area (Å²) in [7, 11) is 1.08. The molecule has 3 aliphatic rings. The lowest BCUT2D eigenvalue weighted by molar-refractivity contribution is -0.155. The van der Waals surface area contributed by atoms with Gasteiger partial charge in [0, 0.05) is 17.8 Å². The average Bonchev–Trinajstić information content (AvgIpc) is 3.55. The molecular weight excluding hydrogens is 541 g/mol. The Balaban J connectivity index is 1.47. The highest BCUT2D eigenvalue weighted by molar-refractivity contribution is 5.99. The first-order valence-electron chi connectivity index (χ1n) is 12.8. The van der Waals surface area contributed by atoms with Gasteiger partial charge in [0.2, 0.25) is 5.43 Å². The van der Waals surface area contributed by atoms with E-state index in [4.69, 9.17) is 9.47 Å². The molecule has 0 spiro atoms. The zero-order valence-electron chi connectivity index (χ0n) is 22.0. The van der Waals surface area contributed by atoms with Crippen LogP contribution in [0.15, 0.2) is 29.2 Å². The molecule has 40 heavy (non-hydrogen) atoms. The molecule has 1 unspecified atom stereocenters. The Kier molecular flexibility index (Phi) is 6.71. The molecule has 1 aromatic carbocycles. The third-order valence-corrected chi connectivity index (χ3v) is 8.15. The number of hydrogen-bond donors (Lipinski definition) is 2. The molecule has 2 N–H and O–H groups in total. The number of ether oxygens (including phenoxy) is 2. The maximum atomic E-state index is 14.2. The first kappa shape index (κ1) is 28.1. The molecule has 1 aliphatic heterocycles. The third kappa shape index (κ3) is 4.95. The van der Waals surface area contributed by atoms with Crippen LogP contribution in [0.25, 0.3) is 0 Å². The predicted molar refractivity (Wildman–Crippen MR) is 131 cm³/mol. The quantitative estimate of drug-likeness (QED) is 0.508. The van der Waals surface area contributed by atoms with Crippen molar-refractivity contribution < 1.29 is 41.0 Å². The SMILES string of the molecule is COc1c2n(cc(C(=O)N[C@@H](c3ccc(F)cc3F)C(F)(F)F)c1=O)C[C@@](C)(OC1CCC[C@]3(C)C[C@@H]13)NC2=O. The number of benzene rings is 1. The molecule has 2 aliphatic carbocycles. The molecule has 5 atom stereocenters. The van der Waals surface area contributed by atoms with Crippen LogP contribution >= 0.6 is 0 Å². The van der Waals surface area contributed by atoms with Crippen LogP contribution in [0, 0.1) is 23.0 Å². The number of nitrogens with one attached hydrogen (secondary N) is 2. The van der Waals surface area contributed by atoms with Gasteiger partial charge in [0.15, 0.2) is 23.2 Å². The molecule has 2 fully saturated rings. The van der Waals surface area contributed by atoms with Gasteiger partial charge in [-0.05, 0) is 43.6 Å². The van der Waals surface area contributed by atoms with Crippen molar-refractivity contribution in [2.75, 3.05) is 7.11 Å². The van der Waals surface area contributed by atoms with Gasteiger partial charge in [0.1, 0.15) is 17.2 Å². The fourth-order valence-electron chi connectivity index (χ4n) is 6.05. The summed E-state index contributed by atoms with van der Waals surface area (Å²) in [4.78, 5) is 39.3. The molecule has 1 aromatic heterocycles. The Bertz CT molecular complexity index is 1440. The molecule has 13 heteroatoms. The van der Waals surface area contributed by atoms with Gasteiger partial charge in [-0.2, -0.15) is 13.2 Å². The Labute approximate surface area is 225 Å². The Hall–Kier alpha value is -3.48. The number of nitrogens with zero attached hydrogens (tertiary/aromatic N) is 1. The van der Waals surface area contributed by atoms with E-state index in [0.29, 0.717) is 18.1 Å². The van der Waals surface area contributed by atoms with Crippen molar-refractivity contribution in [3.05, 3.63) is 63.1 Å². The number of carbonyl (C=O) groups is 2. The van der Waals surface area contributed by atoms with E-state index in [0.717, 1.165) is 39.0 Å². The van der Waals surface area contributed by atoms with Gasteiger partial charge in [-0.3, -0.25) is 14.4 Å². The van der Waals surface area contributed by atoms with E-state index in [-0.39, 0.29) is 29.8 Å². The Morgan fingerprint density at radius 1 is 1.23 bits per heavy atom. The molecule has 2 amide bonds. The summed E-state index contributed by atoms with van der Waals surface area (Å²) in [6.45, 7) is 3.76. The lowest BCUT2D eigenvalue weighted by Crippen LogP contribution is -2.58. The summed E-state index contributed by atoms with van der Waals surface area (Å²) in [6, 6.07) is -1.45. The van der Waals surface area contributed by atoms with Crippen LogP contribution in [0.2, 0.25) is 0 Å². The van der Waals surface area contributed by atoms with Crippen molar-refractivity contribution in [1.29, 1.82) is 0 Å². The molecule has 8 nitrogen and oxygen atoms in total. The molecule has 2 aromatic rings. The fourth-order valence-corrected chi connectivity index (χ4v) is 6.05. The molecule has 2 heterocycles.